The first kappa shape index (κ1) is 30.3. The summed E-state index contributed by atoms with van der Waals surface area (Å²) in [5.74, 6) is -3.52. The lowest BCUT2D eigenvalue weighted by Crippen LogP contribution is -3.00. The first-order chi connectivity index (χ1) is 17.1. The summed E-state index contributed by atoms with van der Waals surface area (Å²) >= 11 is 0. The summed E-state index contributed by atoms with van der Waals surface area (Å²) in [5.41, 5.74) is 6.21. The fourth-order valence-corrected chi connectivity index (χ4v) is 5.71. The van der Waals surface area contributed by atoms with Crippen LogP contribution in [-0.4, -0.2) is 45.0 Å². The third-order valence-corrected chi connectivity index (χ3v) is 8.34. The van der Waals surface area contributed by atoms with E-state index in [1.165, 1.54) is 12.1 Å². The lowest BCUT2D eigenvalue weighted by molar-refractivity contribution is -0.391. The molecule has 1 amide bonds. The number of rotatable bonds is 12. The van der Waals surface area contributed by atoms with Crippen molar-refractivity contribution in [2.45, 2.75) is 31.1 Å². The van der Waals surface area contributed by atoms with E-state index >= 15 is 0 Å². The number of hydrogen-bond acceptors (Lipinski definition) is 4. The smallest absolute Gasteiger partial charge is 0.326 e. The standard InChI is InChI=1S/C27H31N2O6P.BrH/c28-25(17-20-9-5-2-6-10-20)36(34,35)18-22(15-19-7-3-1-4-8-19)26(31)29-24(27(32)33)16-21-11-13-23(30)14-12-21;/h1-14,22,24-25,30H,15-18,28H2,(H,29,31)(H,32,33)(H,34,35);1H/t22-,24+,25-;/m1./s1. The molecule has 3 aromatic rings. The number of carboxylic acid groups (broad SMARTS) is 1. The van der Waals surface area contributed by atoms with Crippen LogP contribution >= 0.6 is 7.37 Å². The normalized spacial score (nSPS) is 14.9. The van der Waals surface area contributed by atoms with Crippen molar-refractivity contribution in [3.63, 3.8) is 0 Å². The van der Waals surface area contributed by atoms with E-state index in [1.807, 2.05) is 60.7 Å². The quantitative estimate of drug-likeness (QED) is 0.178. The Morgan fingerprint density at radius 2 is 1.30 bits per heavy atom. The van der Waals surface area contributed by atoms with Crippen molar-refractivity contribution in [3.8, 4) is 5.75 Å². The largest absolute Gasteiger partial charge is 1.00 e. The molecule has 7 N–H and O–H groups in total. The zero-order chi connectivity index (χ0) is 26.1. The number of phenols is 1. The minimum atomic E-state index is -3.88. The first-order valence-corrected chi connectivity index (χ1v) is 13.6. The van der Waals surface area contributed by atoms with Gasteiger partial charge in [0.05, 0.1) is 5.92 Å². The molecule has 1 unspecified atom stereocenters. The summed E-state index contributed by atoms with van der Waals surface area (Å²) in [6.45, 7) is 0. The molecule has 0 heterocycles. The molecule has 0 aromatic heterocycles. The molecule has 3 rings (SSSR count). The van der Waals surface area contributed by atoms with E-state index in [2.05, 4.69) is 11.1 Å². The van der Waals surface area contributed by atoms with Crippen molar-refractivity contribution < 1.29 is 52.0 Å². The lowest BCUT2D eigenvalue weighted by atomic mass is 9.99. The molecule has 0 saturated heterocycles. The fraction of sp³-hybridized carbons (Fsp3) is 0.259. The second kappa shape index (κ2) is 14.1. The number of amides is 1. The van der Waals surface area contributed by atoms with Crippen molar-refractivity contribution in [3.05, 3.63) is 102 Å². The van der Waals surface area contributed by atoms with Crippen LogP contribution in [0.3, 0.4) is 0 Å². The topological polar surface area (TPSA) is 152 Å². The van der Waals surface area contributed by atoms with Crippen LogP contribution < -0.4 is 28.0 Å². The Labute approximate surface area is 226 Å². The molecule has 37 heavy (non-hydrogen) atoms. The van der Waals surface area contributed by atoms with Gasteiger partial charge in [-0.25, -0.2) is 4.79 Å². The number of carboxylic acids is 1. The Kier molecular flexibility index (Phi) is 11.5. The minimum Gasteiger partial charge on any atom is -1.00 e. The number of hydrogen-bond donors (Lipinski definition) is 5. The van der Waals surface area contributed by atoms with E-state index in [0.717, 1.165) is 11.1 Å². The first-order valence-electron chi connectivity index (χ1n) is 11.7. The van der Waals surface area contributed by atoms with Crippen LogP contribution in [0.5, 0.6) is 5.75 Å². The molecular formula is C27H32BrN2O6P. The number of carbonyl (C=O) groups is 2. The van der Waals surface area contributed by atoms with Crippen molar-refractivity contribution in [1.29, 1.82) is 0 Å². The Bertz CT molecular complexity index is 1190. The molecule has 0 bridgehead atoms. The predicted molar refractivity (Wildman–Crippen MR) is 137 cm³/mol. The van der Waals surface area contributed by atoms with E-state index in [0.29, 0.717) is 5.56 Å². The summed E-state index contributed by atoms with van der Waals surface area (Å²) in [5, 5.41) is 21.7. The van der Waals surface area contributed by atoms with Crippen LogP contribution in [-0.2, 0) is 33.4 Å². The number of quaternary nitrogens is 1. The fourth-order valence-electron chi connectivity index (χ4n) is 3.99. The van der Waals surface area contributed by atoms with Crippen LogP contribution in [0.2, 0.25) is 0 Å². The third kappa shape index (κ3) is 9.44. The highest BCUT2D eigenvalue weighted by Crippen LogP contribution is 2.46. The molecule has 0 saturated carbocycles. The van der Waals surface area contributed by atoms with Gasteiger partial charge in [0.1, 0.15) is 11.8 Å². The number of halogens is 1. The molecule has 0 radical (unpaired) electrons. The zero-order valence-corrected chi connectivity index (χ0v) is 22.7. The molecule has 8 nitrogen and oxygen atoms in total. The van der Waals surface area contributed by atoms with Gasteiger partial charge in [0.2, 0.25) is 5.91 Å². The maximum Gasteiger partial charge on any atom is 0.326 e. The predicted octanol–water partition coefficient (Wildman–Crippen LogP) is -0.552. The zero-order valence-electron chi connectivity index (χ0n) is 20.2. The van der Waals surface area contributed by atoms with Gasteiger partial charge in [-0.3, -0.25) is 9.36 Å². The summed E-state index contributed by atoms with van der Waals surface area (Å²) in [6.07, 6.45) is 0.149. The summed E-state index contributed by atoms with van der Waals surface area (Å²) < 4.78 is 13.3. The second-order valence-corrected chi connectivity index (χ2v) is 11.5. The second-order valence-electron chi connectivity index (χ2n) is 8.94. The minimum absolute atomic E-state index is 0. The van der Waals surface area contributed by atoms with Crippen LogP contribution in [0.4, 0.5) is 0 Å². The number of phenolic OH excluding ortho intramolecular Hbond substituents is 1. The number of aliphatic carboxylic acids is 1. The molecule has 10 heteroatoms. The monoisotopic (exact) mass is 590 g/mol. The highest BCUT2D eigenvalue weighted by atomic mass is 79.9. The van der Waals surface area contributed by atoms with Crippen LogP contribution in [0.25, 0.3) is 0 Å². The average molecular weight is 591 g/mol. The van der Waals surface area contributed by atoms with E-state index in [4.69, 9.17) is 0 Å². The van der Waals surface area contributed by atoms with Crippen molar-refractivity contribution in [2.24, 2.45) is 5.92 Å². The number of benzene rings is 3. The van der Waals surface area contributed by atoms with E-state index in [-0.39, 0.29) is 48.2 Å². The molecule has 3 aromatic carbocycles. The molecule has 198 valence electrons. The van der Waals surface area contributed by atoms with Crippen LogP contribution in [0.1, 0.15) is 16.7 Å². The van der Waals surface area contributed by atoms with Crippen LogP contribution in [0.15, 0.2) is 84.9 Å². The van der Waals surface area contributed by atoms with Crippen molar-refractivity contribution in [1.82, 2.24) is 5.32 Å². The number of nitrogens with one attached hydrogen (secondary N) is 1. The van der Waals surface area contributed by atoms with Gasteiger partial charge in [0.25, 0.3) is 7.37 Å². The van der Waals surface area contributed by atoms with E-state index in [9.17, 15) is 29.3 Å². The van der Waals surface area contributed by atoms with Gasteiger partial charge in [-0.2, -0.15) is 0 Å². The maximum atomic E-state index is 13.3. The van der Waals surface area contributed by atoms with E-state index in [1.54, 1.807) is 12.1 Å². The Morgan fingerprint density at radius 1 is 0.811 bits per heavy atom. The van der Waals surface area contributed by atoms with E-state index < -0.39 is 37.0 Å². The van der Waals surface area contributed by atoms with Gasteiger partial charge in [-0.1, -0.05) is 72.8 Å². The Balaban J connectivity index is 0.00000481. The highest BCUT2D eigenvalue weighted by molar-refractivity contribution is 7.58. The van der Waals surface area contributed by atoms with Crippen LogP contribution in [0, 0.1) is 5.92 Å². The molecule has 0 spiro atoms. The van der Waals surface area contributed by atoms with Gasteiger partial charge in [0, 0.05) is 19.0 Å². The molecule has 4 atom stereocenters. The molecule has 0 aliphatic carbocycles. The summed E-state index contributed by atoms with van der Waals surface area (Å²) in [6, 6.07) is 23.2. The Hall–Kier alpha value is -2.97. The van der Waals surface area contributed by atoms with Crippen molar-refractivity contribution in [2.75, 3.05) is 6.16 Å². The number of carbonyl (C=O) groups excluding carboxylic acids is 1. The van der Waals surface area contributed by atoms with Gasteiger partial charge in [-0.05, 0) is 35.2 Å². The van der Waals surface area contributed by atoms with Crippen molar-refractivity contribution >= 4 is 19.2 Å². The molecule has 0 aliphatic rings. The molecule has 0 fully saturated rings. The van der Waals surface area contributed by atoms with Gasteiger partial charge < -0.3 is 43.1 Å². The lowest BCUT2D eigenvalue weighted by Gasteiger charge is -2.24. The van der Waals surface area contributed by atoms with Gasteiger partial charge in [-0.15, -0.1) is 0 Å². The summed E-state index contributed by atoms with van der Waals surface area (Å²) in [7, 11) is -3.88. The SMILES string of the molecule is [Br-].[NH3+][C@@H](Cc1ccccc1)P(=O)(O)C[C@@H](Cc1ccccc1)C(=O)N[C@@H](Cc1ccc(O)cc1)C(=O)O. The maximum absolute atomic E-state index is 13.3. The van der Waals surface area contributed by atoms with Gasteiger partial charge in [0.15, 0.2) is 5.78 Å². The summed E-state index contributed by atoms with van der Waals surface area (Å²) in [4.78, 5) is 36.1. The number of aromatic hydroxyl groups is 1. The average Bonchev–Trinajstić information content (AvgIpc) is 2.85. The van der Waals surface area contributed by atoms with Gasteiger partial charge >= 0.3 is 5.97 Å². The molecule has 0 aliphatic heterocycles. The third-order valence-electron chi connectivity index (χ3n) is 6.05. The Morgan fingerprint density at radius 3 is 1.81 bits per heavy atom. The highest BCUT2D eigenvalue weighted by Gasteiger charge is 2.37. The molecular weight excluding hydrogens is 559 g/mol.